The number of nitrogens with one attached hydrogen (secondary N) is 1. The summed E-state index contributed by atoms with van der Waals surface area (Å²) in [7, 11) is 0. The summed E-state index contributed by atoms with van der Waals surface area (Å²) in [6.45, 7) is 3.25. The van der Waals surface area contributed by atoms with Gasteiger partial charge in [0, 0.05) is 16.6 Å². The Bertz CT molecular complexity index is 390. The number of nitro groups is 1. The molecule has 1 aromatic carbocycles. The van der Waals surface area contributed by atoms with E-state index in [1.54, 1.807) is 26.0 Å². The van der Waals surface area contributed by atoms with Crippen molar-refractivity contribution < 1.29 is 6.29 Å². The number of anilines is 1. The van der Waals surface area contributed by atoms with Crippen molar-refractivity contribution in [1.29, 1.82) is 0 Å². The van der Waals surface area contributed by atoms with Crippen molar-refractivity contribution in [3.05, 3.63) is 32.8 Å². The number of nitrogens with zero attached hydrogens (tertiary/aromatic N) is 1. The summed E-state index contributed by atoms with van der Waals surface area (Å²) in [5.41, 5.74) is 0.313. The molecule has 0 fully saturated rings. The van der Waals surface area contributed by atoms with Crippen molar-refractivity contribution in [3.63, 3.8) is 0 Å². The Morgan fingerprint density at radius 3 is 2.79 bits per heavy atom. The van der Waals surface area contributed by atoms with Crippen LogP contribution in [0.3, 0.4) is 0 Å². The van der Waals surface area contributed by atoms with Crippen LogP contribution in [0.1, 0.15) is 15.2 Å². The number of hydrogen-bond donors (Lipinski definition) is 1. The minimum atomic E-state index is -0.953. The molecule has 0 aliphatic heterocycles. The lowest BCUT2D eigenvalue weighted by Crippen LogP contribution is -2.11. The molecule has 0 saturated carbocycles. The topological polar surface area (TPSA) is 55.2 Å². The predicted octanol–water partition coefficient (Wildman–Crippen LogP) is 3.18. The molecular weight excluding hydrogens is 248 g/mol. The molecular formula is C9H11BrN2O2. The highest BCUT2D eigenvalue weighted by molar-refractivity contribution is 9.10. The molecule has 14 heavy (non-hydrogen) atoms. The normalized spacial score (nSPS) is 12.1. The van der Waals surface area contributed by atoms with Gasteiger partial charge < -0.3 is 5.32 Å². The fourth-order valence-corrected chi connectivity index (χ4v) is 1.40. The molecule has 4 nitrogen and oxygen atoms in total. The van der Waals surface area contributed by atoms with Gasteiger partial charge in [-0.2, -0.15) is 0 Å². The van der Waals surface area contributed by atoms with Crippen molar-refractivity contribution in [2.24, 2.45) is 0 Å². The summed E-state index contributed by atoms with van der Waals surface area (Å²) < 4.78 is 8.36. The zero-order valence-electron chi connectivity index (χ0n) is 8.87. The minimum Gasteiger partial charge on any atom is -0.377 e. The van der Waals surface area contributed by atoms with Gasteiger partial charge in [-0.15, -0.1) is 0 Å². The Morgan fingerprint density at radius 1 is 1.64 bits per heavy atom. The van der Waals surface area contributed by atoms with Gasteiger partial charge in [-0.25, -0.2) is 0 Å². The lowest BCUT2D eigenvalue weighted by Gasteiger charge is -2.10. The molecule has 0 saturated heterocycles. The predicted molar refractivity (Wildman–Crippen MR) is 59.6 cm³/mol. The van der Waals surface area contributed by atoms with Crippen LogP contribution in [0.5, 0.6) is 0 Å². The van der Waals surface area contributed by atoms with Crippen molar-refractivity contribution in [1.82, 2.24) is 0 Å². The molecule has 0 unspecified atom stereocenters. The summed E-state index contributed by atoms with van der Waals surface area (Å²) in [4.78, 5) is 10.2. The van der Waals surface area contributed by atoms with E-state index in [0.717, 1.165) is 4.47 Å². The van der Waals surface area contributed by atoms with E-state index in [1.807, 2.05) is 0 Å². The average molecular weight is 260 g/mol. The van der Waals surface area contributed by atoms with Crippen LogP contribution >= 0.6 is 15.9 Å². The Balaban J connectivity index is 3.13. The second-order valence-electron chi connectivity index (χ2n) is 3.04. The first-order valence-corrected chi connectivity index (χ1v) is 4.81. The highest BCUT2D eigenvalue weighted by atomic mass is 79.9. The third kappa shape index (κ3) is 2.70. The molecule has 1 aromatic rings. The molecule has 0 aromatic heterocycles. The molecule has 1 N–H and O–H groups in total. The van der Waals surface area contributed by atoms with E-state index in [4.69, 9.17) is 1.37 Å². The lowest BCUT2D eigenvalue weighted by molar-refractivity contribution is -0.384. The zero-order valence-corrected chi connectivity index (χ0v) is 9.46. The SMILES string of the molecule is [2H]C(C)(C)Nc1cc(Br)ccc1[N+](=O)[O-]. The van der Waals surface area contributed by atoms with Gasteiger partial charge in [0.25, 0.3) is 5.69 Å². The van der Waals surface area contributed by atoms with Gasteiger partial charge in [-0.05, 0) is 26.0 Å². The lowest BCUT2D eigenvalue weighted by atomic mass is 10.2. The summed E-state index contributed by atoms with van der Waals surface area (Å²) in [6.07, 6.45) is 0. The quantitative estimate of drug-likeness (QED) is 0.670. The van der Waals surface area contributed by atoms with E-state index in [2.05, 4.69) is 21.2 Å². The fraction of sp³-hybridized carbons (Fsp3) is 0.333. The van der Waals surface area contributed by atoms with E-state index in [9.17, 15) is 10.1 Å². The van der Waals surface area contributed by atoms with Crippen LogP contribution in [0, 0.1) is 10.1 Å². The number of hydrogen-bond acceptors (Lipinski definition) is 3. The number of benzene rings is 1. The molecule has 5 heteroatoms. The molecule has 76 valence electrons. The highest BCUT2D eigenvalue weighted by Crippen LogP contribution is 2.28. The van der Waals surface area contributed by atoms with Crippen molar-refractivity contribution in [2.45, 2.75) is 19.9 Å². The zero-order chi connectivity index (χ0) is 11.6. The van der Waals surface area contributed by atoms with Gasteiger partial charge in [-0.3, -0.25) is 10.1 Å². The van der Waals surface area contributed by atoms with Crippen LogP contribution in [-0.4, -0.2) is 10.9 Å². The molecule has 0 amide bonds. The third-order valence-electron chi connectivity index (χ3n) is 1.54. The summed E-state index contributed by atoms with van der Waals surface area (Å²) in [6, 6.07) is 3.64. The average Bonchev–Trinajstić information content (AvgIpc) is 1.99. The summed E-state index contributed by atoms with van der Waals surface area (Å²) >= 11 is 3.23. The maximum atomic E-state index is 10.7. The molecule has 0 aliphatic carbocycles. The molecule has 0 heterocycles. The van der Waals surface area contributed by atoms with Crippen molar-refractivity contribution in [2.75, 3.05) is 5.32 Å². The molecule has 0 atom stereocenters. The first-order valence-electron chi connectivity index (χ1n) is 4.52. The van der Waals surface area contributed by atoms with Gasteiger partial charge in [0.15, 0.2) is 0 Å². The van der Waals surface area contributed by atoms with Crippen LogP contribution in [-0.2, 0) is 0 Å². The maximum absolute atomic E-state index is 10.7. The Labute approximate surface area is 92.0 Å². The van der Waals surface area contributed by atoms with Gasteiger partial charge in [-0.1, -0.05) is 15.9 Å². The molecule has 1 rings (SSSR count). The van der Waals surface area contributed by atoms with Crippen LogP contribution < -0.4 is 5.32 Å². The smallest absolute Gasteiger partial charge is 0.292 e. The van der Waals surface area contributed by atoms with Crippen LogP contribution in [0.25, 0.3) is 0 Å². The Kier molecular flexibility index (Phi) is 2.98. The Morgan fingerprint density at radius 2 is 2.29 bits per heavy atom. The Hall–Kier alpha value is -1.10. The van der Waals surface area contributed by atoms with E-state index in [1.165, 1.54) is 6.07 Å². The molecule has 0 spiro atoms. The third-order valence-corrected chi connectivity index (χ3v) is 2.03. The van der Waals surface area contributed by atoms with Gasteiger partial charge in [0.2, 0.25) is 0 Å². The number of halogens is 1. The van der Waals surface area contributed by atoms with E-state index < -0.39 is 10.9 Å². The molecule has 0 radical (unpaired) electrons. The van der Waals surface area contributed by atoms with Crippen LogP contribution in [0.4, 0.5) is 11.4 Å². The number of nitro benzene ring substituents is 1. The molecule has 0 bridgehead atoms. The van der Waals surface area contributed by atoms with E-state index in [-0.39, 0.29) is 5.69 Å². The standard InChI is InChI=1S/C9H11BrN2O2/c1-6(2)11-8-5-7(10)3-4-9(8)12(13)14/h3-6,11H,1-2H3/i6D. The first-order chi connectivity index (χ1) is 6.79. The van der Waals surface area contributed by atoms with Crippen LogP contribution in [0.2, 0.25) is 0 Å². The second kappa shape index (κ2) is 4.41. The summed E-state index contributed by atoms with van der Waals surface area (Å²) in [5, 5.41) is 13.5. The number of rotatable bonds is 3. The second-order valence-corrected chi connectivity index (χ2v) is 3.96. The van der Waals surface area contributed by atoms with E-state index >= 15 is 0 Å². The van der Waals surface area contributed by atoms with Gasteiger partial charge in [0.1, 0.15) is 5.69 Å². The fourth-order valence-electron chi connectivity index (χ4n) is 1.04. The largest absolute Gasteiger partial charge is 0.377 e. The first kappa shape index (κ1) is 9.45. The van der Waals surface area contributed by atoms with Gasteiger partial charge in [0.05, 0.1) is 6.29 Å². The van der Waals surface area contributed by atoms with E-state index in [0.29, 0.717) is 5.69 Å². The van der Waals surface area contributed by atoms with Crippen LogP contribution in [0.15, 0.2) is 22.7 Å². The van der Waals surface area contributed by atoms with Crippen molar-refractivity contribution >= 4 is 27.3 Å². The van der Waals surface area contributed by atoms with Crippen molar-refractivity contribution in [3.8, 4) is 0 Å². The van der Waals surface area contributed by atoms with Gasteiger partial charge >= 0.3 is 0 Å². The maximum Gasteiger partial charge on any atom is 0.292 e. The summed E-state index contributed by atoms with van der Waals surface area (Å²) in [5.74, 6) is 0. The minimum absolute atomic E-state index is 0.0291. The molecule has 0 aliphatic rings. The highest BCUT2D eigenvalue weighted by Gasteiger charge is 2.13. The monoisotopic (exact) mass is 259 g/mol.